The summed E-state index contributed by atoms with van der Waals surface area (Å²) < 4.78 is 17.8. The van der Waals surface area contributed by atoms with Gasteiger partial charge in [0.05, 0.1) is 5.56 Å². The summed E-state index contributed by atoms with van der Waals surface area (Å²) >= 11 is 5.60. The zero-order chi connectivity index (χ0) is 10.6. The SMILES string of the molecule is CCC(Cl)OC(=O)c1ccccc1F. The molecule has 0 saturated carbocycles. The van der Waals surface area contributed by atoms with Gasteiger partial charge in [-0.2, -0.15) is 0 Å². The summed E-state index contributed by atoms with van der Waals surface area (Å²) in [6.45, 7) is 1.77. The highest BCUT2D eigenvalue weighted by Crippen LogP contribution is 2.11. The van der Waals surface area contributed by atoms with E-state index in [2.05, 4.69) is 0 Å². The first-order valence-electron chi connectivity index (χ1n) is 4.24. The van der Waals surface area contributed by atoms with Gasteiger partial charge in [-0.3, -0.25) is 0 Å². The van der Waals surface area contributed by atoms with Gasteiger partial charge in [-0.15, -0.1) is 0 Å². The highest BCUT2D eigenvalue weighted by Gasteiger charge is 2.15. The van der Waals surface area contributed by atoms with Crippen LogP contribution in [-0.2, 0) is 4.74 Å². The standard InChI is InChI=1S/C10H10ClFO2/c1-2-9(11)14-10(13)7-5-3-4-6-8(7)12/h3-6,9H,2H2,1H3. The van der Waals surface area contributed by atoms with Gasteiger partial charge in [-0.1, -0.05) is 30.7 Å². The molecule has 4 heteroatoms. The van der Waals surface area contributed by atoms with Crippen LogP contribution in [0.25, 0.3) is 0 Å². The van der Waals surface area contributed by atoms with E-state index in [1.165, 1.54) is 18.2 Å². The predicted octanol–water partition coefficient (Wildman–Crippen LogP) is 2.96. The van der Waals surface area contributed by atoms with Crippen LogP contribution in [0, 0.1) is 5.82 Å². The van der Waals surface area contributed by atoms with Crippen LogP contribution in [-0.4, -0.2) is 11.5 Å². The molecule has 0 heterocycles. The minimum atomic E-state index is -0.732. The van der Waals surface area contributed by atoms with Gasteiger partial charge < -0.3 is 4.74 Å². The van der Waals surface area contributed by atoms with Crippen LogP contribution in [0.5, 0.6) is 0 Å². The normalized spacial score (nSPS) is 12.2. The van der Waals surface area contributed by atoms with Crippen molar-refractivity contribution in [3.63, 3.8) is 0 Å². The molecule has 0 saturated heterocycles. The van der Waals surface area contributed by atoms with Crippen LogP contribution in [0.15, 0.2) is 24.3 Å². The Morgan fingerprint density at radius 2 is 2.21 bits per heavy atom. The van der Waals surface area contributed by atoms with Crippen molar-refractivity contribution in [2.45, 2.75) is 18.9 Å². The number of alkyl halides is 1. The van der Waals surface area contributed by atoms with Crippen molar-refractivity contribution in [2.24, 2.45) is 0 Å². The fourth-order valence-corrected chi connectivity index (χ4v) is 0.971. The van der Waals surface area contributed by atoms with Crippen molar-refractivity contribution in [1.29, 1.82) is 0 Å². The number of rotatable bonds is 3. The molecule has 0 aliphatic heterocycles. The molecule has 76 valence electrons. The maximum atomic E-state index is 13.1. The first kappa shape index (κ1) is 11.0. The van der Waals surface area contributed by atoms with Gasteiger partial charge in [0.2, 0.25) is 0 Å². The zero-order valence-corrected chi connectivity index (χ0v) is 8.42. The van der Waals surface area contributed by atoms with Crippen LogP contribution in [0.4, 0.5) is 4.39 Å². The van der Waals surface area contributed by atoms with E-state index in [1.807, 2.05) is 0 Å². The number of ether oxygens (including phenoxy) is 1. The van der Waals surface area contributed by atoms with E-state index < -0.39 is 17.3 Å². The monoisotopic (exact) mass is 216 g/mol. The summed E-state index contributed by atoms with van der Waals surface area (Å²) in [5.41, 5.74) is -0.797. The summed E-state index contributed by atoms with van der Waals surface area (Å²) in [6, 6.07) is 5.63. The molecule has 1 aromatic rings. The molecule has 0 spiro atoms. The van der Waals surface area contributed by atoms with Crippen LogP contribution in [0.3, 0.4) is 0 Å². The summed E-state index contributed by atoms with van der Waals surface area (Å²) in [6.07, 6.45) is 0.488. The Balaban J connectivity index is 2.75. The topological polar surface area (TPSA) is 26.3 Å². The van der Waals surface area contributed by atoms with Crippen LogP contribution in [0.1, 0.15) is 23.7 Å². The minimum absolute atomic E-state index is 0.0911. The highest BCUT2D eigenvalue weighted by atomic mass is 35.5. The van der Waals surface area contributed by atoms with Crippen molar-refractivity contribution in [3.8, 4) is 0 Å². The van der Waals surface area contributed by atoms with E-state index in [1.54, 1.807) is 13.0 Å². The number of carbonyl (C=O) groups is 1. The Labute approximate surface area is 86.6 Å². The van der Waals surface area contributed by atoms with Crippen LogP contribution >= 0.6 is 11.6 Å². The smallest absolute Gasteiger partial charge is 0.342 e. The Hall–Kier alpha value is -1.09. The van der Waals surface area contributed by atoms with Crippen molar-refractivity contribution in [3.05, 3.63) is 35.6 Å². The molecule has 0 aromatic heterocycles. The zero-order valence-electron chi connectivity index (χ0n) is 7.67. The number of hydrogen-bond donors (Lipinski definition) is 0. The second-order valence-electron chi connectivity index (χ2n) is 2.70. The Bertz CT molecular complexity index is 328. The van der Waals surface area contributed by atoms with Crippen LogP contribution < -0.4 is 0 Å². The fourth-order valence-electron chi connectivity index (χ4n) is 0.890. The second-order valence-corrected chi connectivity index (χ2v) is 3.19. The molecule has 1 unspecified atom stereocenters. The number of esters is 1. The largest absolute Gasteiger partial charge is 0.442 e. The molecule has 14 heavy (non-hydrogen) atoms. The first-order chi connectivity index (χ1) is 6.65. The van der Waals surface area contributed by atoms with E-state index in [0.717, 1.165) is 0 Å². The molecule has 0 bridgehead atoms. The number of halogens is 2. The summed E-state index contributed by atoms with van der Waals surface area (Å²) in [4.78, 5) is 11.3. The molecule has 2 nitrogen and oxygen atoms in total. The molecule has 0 amide bonds. The maximum Gasteiger partial charge on any atom is 0.342 e. The third-order valence-electron chi connectivity index (χ3n) is 1.65. The lowest BCUT2D eigenvalue weighted by Gasteiger charge is -2.08. The molecular weight excluding hydrogens is 207 g/mol. The fraction of sp³-hybridized carbons (Fsp3) is 0.300. The van der Waals surface area contributed by atoms with E-state index >= 15 is 0 Å². The van der Waals surface area contributed by atoms with Gasteiger partial charge in [0, 0.05) is 0 Å². The minimum Gasteiger partial charge on any atom is -0.442 e. The van der Waals surface area contributed by atoms with Crippen molar-refractivity contribution in [2.75, 3.05) is 0 Å². The molecule has 0 aliphatic rings. The van der Waals surface area contributed by atoms with E-state index in [9.17, 15) is 9.18 Å². The lowest BCUT2D eigenvalue weighted by Crippen LogP contribution is -2.13. The molecule has 0 N–H and O–H groups in total. The molecule has 0 radical (unpaired) electrons. The Kier molecular flexibility index (Phi) is 3.89. The molecule has 1 atom stereocenters. The van der Waals surface area contributed by atoms with E-state index in [4.69, 9.17) is 16.3 Å². The first-order valence-corrected chi connectivity index (χ1v) is 4.68. The third kappa shape index (κ3) is 2.70. The lowest BCUT2D eigenvalue weighted by molar-refractivity contribution is 0.0438. The second kappa shape index (κ2) is 4.96. The van der Waals surface area contributed by atoms with Gasteiger partial charge in [-0.25, -0.2) is 9.18 Å². The summed E-state index contributed by atoms with van der Waals surface area (Å²) in [5, 5.41) is 0. The third-order valence-corrected chi connectivity index (χ3v) is 2.05. The average Bonchev–Trinajstić information content (AvgIpc) is 2.18. The van der Waals surface area contributed by atoms with Gasteiger partial charge >= 0.3 is 5.97 Å². The van der Waals surface area contributed by atoms with Gasteiger partial charge in [0.25, 0.3) is 0 Å². The van der Waals surface area contributed by atoms with Crippen molar-refractivity contribution < 1.29 is 13.9 Å². The molecule has 1 aromatic carbocycles. The molecular formula is C10H10ClFO2. The summed E-state index contributed by atoms with van der Waals surface area (Å²) in [5.74, 6) is -1.33. The number of carbonyl (C=O) groups excluding carboxylic acids is 1. The van der Waals surface area contributed by atoms with Crippen molar-refractivity contribution >= 4 is 17.6 Å². The van der Waals surface area contributed by atoms with Gasteiger partial charge in [0.15, 0.2) is 5.56 Å². The van der Waals surface area contributed by atoms with Gasteiger partial charge in [-0.05, 0) is 18.6 Å². The Morgan fingerprint density at radius 1 is 1.57 bits per heavy atom. The van der Waals surface area contributed by atoms with E-state index in [-0.39, 0.29) is 5.56 Å². The molecule has 1 rings (SSSR count). The number of hydrogen-bond acceptors (Lipinski definition) is 2. The Morgan fingerprint density at radius 3 is 2.79 bits per heavy atom. The van der Waals surface area contributed by atoms with E-state index in [0.29, 0.717) is 6.42 Å². The average molecular weight is 217 g/mol. The summed E-state index contributed by atoms with van der Waals surface area (Å²) in [7, 11) is 0. The highest BCUT2D eigenvalue weighted by molar-refractivity contribution is 6.20. The van der Waals surface area contributed by atoms with Crippen LogP contribution in [0.2, 0.25) is 0 Å². The predicted molar refractivity (Wildman–Crippen MR) is 51.7 cm³/mol. The van der Waals surface area contributed by atoms with Crippen molar-refractivity contribution in [1.82, 2.24) is 0 Å². The quantitative estimate of drug-likeness (QED) is 0.574. The molecule has 0 aliphatic carbocycles. The van der Waals surface area contributed by atoms with Gasteiger partial charge in [0.1, 0.15) is 5.82 Å². The number of benzene rings is 1. The lowest BCUT2D eigenvalue weighted by atomic mass is 10.2. The molecule has 0 fully saturated rings. The maximum absolute atomic E-state index is 13.1.